The molecule has 4 aromatic rings. The van der Waals surface area contributed by atoms with Gasteiger partial charge in [0.05, 0.1) is 11.0 Å². The van der Waals surface area contributed by atoms with E-state index in [2.05, 4.69) is 65.4 Å². The number of imidazole rings is 1. The summed E-state index contributed by atoms with van der Waals surface area (Å²) in [5, 5.41) is 0. The van der Waals surface area contributed by atoms with Gasteiger partial charge in [0, 0.05) is 18.7 Å². The Morgan fingerprint density at radius 3 is 2.59 bits per heavy atom. The summed E-state index contributed by atoms with van der Waals surface area (Å²) in [5.41, 5.74) is 9.03. The number of H-pyrrole nitrogens is 1. The Kier molecular flexibility index (Phi) is 5.52. The van der Waals surface area contributed by atoms with Crippen LogP contribution in [0.2, 0.25) is 0 Å². The van der Waals surface area contributed by atoms with E-state index in [9.17, 15) is 4.79 Å². The van der Waals surface area contributed by atoms with Crippen LogP contribution in [0, 0.1) is 6.92 Å². The van der Waals surface area contributed by atoms with Crippen LogP contribution < -0.4 is 0 Å². The summed E-state index contributed by atoms with van der Waals surface area (Å²) in [6.45, 7) is 5.60. The second kappa shape index (κ2) is 8.62. The van der Waals surface area contributed by atoms with E-state index >= 15 is 0 Å². The van der Waals surface area contributed by atoms with Crippen LogP contribution in [0.1, 0.15) is 52.6 Å². The van der Waals surface area contributed by atoms with Crippen molar-refractivity contribution in [2.75, 3.05) is 6.54 Å². The molecule has 2 heterocycles. The first-order valence-corrected chi connectivity index (χ1v) is 11.6. The molecule has 0 bridgehead atoms. The monoisotopic (exact) mass is 423 g/mol. The van der Waals surface area contributed by atoms with Gasteiger partial charge in [0.15, 0.2) is 0 Å². The predicted octanol–water partition coefficient (Wildman–Crippen LogP) is 6.08. The number of carbonyl (C=O) groups is 1. The van der Waals surface area contributed by atoms with Crippen molar-refractivity contribution in [2.24, 2.45) is 0 Å². The van der Waals surface area contributed by atoms with Gasteiger partial charge in [-0.15, -0.1) is 0 Å². The summed E-state index contributed by atoms with van der Waals surface area (Å²) in [6, 6.07) is 21.2. The second-order valence-electron chi connectivity index (χ2n) is 8.81. The van der Waals surface area contributed by atoms with Crippen LogP contribution in [-0.4, -0.2) is 27.3 Å². The highest BCUT2D eigenvalue weighted by molar-refractivity contribution is 5.94. The molecule has 0 spiro atoms. The number of amides is 1. The molecule has 32 heavy (non-hydrogen) atoms. The summed E-state index contributed by atoms with van der Waals surface area (Å²) in [4.78, 5) is 23.1. The molecule has 1 amide bonds. The van der Waals surface area contributed by atoms with E-state index in [1.54, 1.807) is 0 Å². The van der Waals surface area contributed by atoms with Crippen molar-refractivity contribution in [1.29, 1.82) is 0 Å². The summed E-state index contributed by atoms with van der Waals surface area (Å²) < 4.78 is 0. The number of aryl methyl sites for hydroxylation is 3. The summed E-state index contributed by atoms with van der Waals surface area (Å²) >= 11 is 0. The van der Waals surface area contributed by atoms with Gasteiger partial charge in [-0.3, -0.25) is 4.79 Å². The molecule has 162 valence electrons. The lowest BCUT2D eigenvalue weighted by Gasteiger charge is -2.21. The smallest absolute Gasteiger partial charge is 0.254 e. The standard InChI is InChI=1S/C28H29N3O/c1-3-5-20-7-9-22(10-8-20)28(32)31-15-4-6-21-11-12-23(16-25(21)18-31)24-13-14-26-27(17-24)30-19(2)29-26/h7-14,16-17H,3-6,15,18H2,1-2H3,(H,29,30). The molecule has 0 unspecified atom stereocenters. The largest absolute Gasteiger partial charge is 0.342 e. The van der Waals surface area contributed by atoms with Crippen LogP contribution in [-0.2, 0) is 19.4 Å². The van der Waals surface area contributed by atoms with E-state index in [4.69, 9.17) is 0 Å². The number of rotatable bonds is 4. The lowest BCUT2D eigenvalue weighted by atomic mass is 9.97. The lowest BCUT2D eigenvalue weighted by Crippen LogP contribution is -2.30. The summed E-state index contributed by atoms with van der Waals surface area (Å²) in [6.07, 6.45) is 4.17. The highest BCUT2D eigenvalue weighted by Crippen LogP contribution is 2.28. The third-order valence-electron chi connectivity index (χ3n) is 6.40. The van der Waals surface area contributed by atoms with Gasteiger partial charge in [0.1, 0.15) is 5.82 Å². The Hall–Kier alpha value is -3.40. The molecule has 0 atom stereocenters. The van der Waals surface area contributed by atoms with Gasteiger partial charge in [-0.25, -0.2) is 4.98 Å². The molecule has 3 aromatic carbocycles. The molecule has 4 nitrogen and oxygen atoms in total. The van der Waals surface area contributed by atoms with Crippen molar-refractivity contribution in [3.63, 3.8) is 0 Å². The van der Waals surface area contributed by atoms with Crippen molar-refractivity contribution >= 4 is 16.9 Å². The topological polar surface area (TPSA) is 49.0 Å². The number of carbonyl (C=O) groups excluding carboxylic acids is 1. The molecule has 5 rings (SSSR count). The molecule has 0 fully saturated rings. The van der Waals surface area contributed by atoms with E-state index in [1.807, 2.05) is 24.0 Å². The normalized spacial score (nSPS) is 13.8. The number of nitrogens with one attached hydrogen (secondary N) is 1. The number of benzene rings is 3. The molecule has 4 heteroatoms. The zero-order valence-corrected chi connectivity index (χ0v) is 18.8. The van der Waals surface area contributed by atoms with E-state index in [0.29, 0.717) is 6.54 Å². The number of aromatic amines is 1. The Morgan fingerprint density at radius 2 is 1.78 bits per heavy atom. The minimum Gasteiger partial charge on any atom is -0.342 e. The highest BCUT2D eigenvalue weighted by atomic mass is 16.2. The fourth-order valence-corrected chi connectivity index (χ4v) is 4.71. The van der Waals surface area contributed by atoms with Crippen LogP contribution >= 0.6 is 0 Å². The molecule has 1 N–H and O–H groups in total. The molecular weight excluding hydrogens is 394 g/mol. The lowest BCUT2D eigenvalue weighted by molar-refractivity contribution is 0.0746. The first kappa shape index (κ1) is 20.5. The van der Waals surface area contributed by atoms with Gasteiger partial charge < -0.3 is 9.88 Å². The van der Waals surface area contributed by atoms with Crippen LogP contribution in [0.3, 0.4) is 0 Å². The Bertz CT molecular complexity index is 1270. The maximum Gasteiger partial charge on any atom is 0.254 e. The fourth-order valence-electron chi connectivity index (χ4n) is 4.71. The maximum atomic E-state index is 13.2. The molecule has 0 saturated carbocycles. The number of nitrogens with zero attached hydrogens (tertiary/aromatic N) is 2. The van der Waals surface area contributed by atoms with E-state index in [1.165, 1.54) is 22.3 Å². The maximum absolute atomic E-state index is 13.2. The fraction of sp³-hybridized carbons (Fsp3) is 0.286. The van der Waals surface area contributed by atoms with Crippen LogP contribution in [0.4, 0.5) is 0 Å². The third kappa shape index (κ3) is 4.05. The minimum atomic E-state index is 0.125. The van der Waals surface area contributed by atoms with Crippen molar-refractivity contribution in [1.82, 2.24) is 14.9 Å². The molecule has 0 saturated heterocycles. The molecule has 1 aliphatic rings. The molecule has 1 aromatic heterocycles. The van der Waals surface area contributed by atoms with Crippen molar-refractivity contribution < 1.29 is 4.79 Å². The number of fused-ring (bicyclic) bond motifs is 2. The first-order valence-electron chi connectivity index (χ1n) is 11.6. The van der Waals surface area contributed by atoms with Crippen LogP contribution in [0.25, 0.3) is 22.2 Å². The third-order valence-corrected chi connectivity index (χ3v) is 6.40. The van der Waals surface area contributed by atoms with Crippen molar-refractivity contribution in [3.05, 3.63) is 88.7 Å². The Balaban J connectivity index is 1.41. The minimum absolute atomic E-state index is 0.125. The van der Waals surface area contributed by atoms with Gasteiger partial charge in [-0.2, -0.15) is 0 Å². The molecule has 0 aliphatic carbocycles. The SMILES string of the molecule is CCCc1ccc(C(=O)N2CCCc3ccc(-c4ccc5[nH]c(C)nc5c4)cc3C2)cc1. The van der Waals surface area contributed by atoms with Gasteiger partial charge in [-0.1, -0.05) is 43.7 Å². The second-order valence-corrected chi connectivity index (χ2v) is 8.81. The number of aromatic nitrogens is 2. The van der Waals surface area contributed by atoms with Crippen molar-refractivity contribution in [3.8, 4) is 11.1 Å². The van der Waals surface area contributed by atoms with E-state index in [0.717, 1.165) is 60.2 Å². The van der Waals surface area contributed by atoms with Gasteiger partial charge in [0.2, 0.25) is 0 Å². The Labute approximate surface area is 189 Å². The summed E-state index contributed by atoms with van der Waals surface area (Å²) in [7, 11) is 0. The average molecular weight is 424 g/mol. The first-order chi connectivity index (χ1) is 15.6. The quantitative estimate of drug-likeness (QED) is 0.432. The Morgan fingerprint density at radius 1 is 1.00 bits per heavy atom. The number of hydrogen-bond donors (Lipinski definition) is 1. The van der Waals surface area contributed by atoms with Crippen LogP contribution in [0.5, 0.6) is 0 Å². The molecular formula is C28H29N3O. The molecule has 1 aliphatic heterocycles. The molecule has 0 radical (unpaired) electrons. The van der Waals surface area contributed by atoms with Gasteiger partial charge in [0.25, 0.3) is 5.91 Å². The van der Waals surface area contributed by atoms with Gasteiger partial charge >= 0.3 is 0 Å². The predicted molar refractivity (Wildman–Crippen MR) is 130 cm³/mol. The van der Waals surface area contributed by atoms with Crippen LogP contribution in [0.15, 0.2) is 60.7 Å². The van der Waals surface area contributed by atoms with E-state index in [-0.39, 0.29) is 5.91 Å². The van der Waals surface area contributed by atoms with Crippen molar-refractivity contribution in [2.45, 2.75) is 46.1 Å². The number of hydrogen-bond acceptors (Lipinski definition) is 2. The average Bonchev–Trinajstić information content (AvgIpc) is 3.05. The summed E-state index contributed by atoms with van der Waals surface area (Å²) in [5.74, 6) is 1.05. The zero-order valence-electron chi connectivity index (χ0n) is 18.8. The van der Waals surface area contributed by atoms with E-state index < -0.39 is 0 Å². The highest BCUT2D eigenvalue weighted by Gasteiger charge is 2.21. The van der Waals surface area contributed by atoms with Gasteiger partial charge in [-0.05, 0) is 84.3 Å². The zero-order chi connectivity index (χ0) is 22.1.